The molecule has 1 saturated carbocycles. The number of nitrogens with zero attached hydrogens (tertiary/aromatic N) is 3. The van der Waals surface area contributed by atoms with Crippen molar-refractivity contribution in [2.24, 2.45) is 5.92 Å². The van der Waals surface area contributed by atoms with E-state index in [1.165, 1.54) is 17.5 Å². The van der Waals surface area contributed by atoms with Crippen LogP contribution in [0.2, 0.25) is 0 Å². The summed E-state index contributed by atoms with van der Waals surface area (Å²) in [6.07, 6.45) is 5.52. The number of aliphatic hydroxyl groups is 1. The maximum Gasteiger partial charge on any atom is 0.225 e. The minimum Gasteiger partial charge on any atom is -0.383 e. The average molecular weight is 412 g/mol. The maximum absolute atomic E-state index is 12.5. The van der Waals surface area contributed by atoms with Gasteiger partial charge in [-0.3, -0.25) is 9.69 Å². The van der Waals surface area contributed by atoms with Gasteiger partial charge < -0.3 is 10.0 Å². The molecule has 5 rings (SSSR count). The predicted molar refractivity (Wildman–Crippen MR) is 113 cm³/mol. The lowest BCUT2D eigenvalue weighted by Crippen LogP contribution is -2.48. The van der Waals surface area contributed by atoms with E-state index in [0.717, 1.165) is 49.6 Å². The van der Waals surface area contributed by atoms with E-state index in [2.05, 4.69) is 29.2 Å². The van der Waals surface area contributed by atoms with Gasteiger partial charge in [0.15, 0.2) is 0 Å². The van der Waals surface area contributed by atoms with E-state index in [1.54, 1.807) is 11.3 Å². The van der Waals surface area contributed by atoms with E-state index in [1.807, 2.05) is 10.3 Å². The first-order valence-electron chi connectivity index (χ1n) is 10.9. The minimum atomic E-state index is -0.889. The number of aromatic nitrogens is 1. The minimum absolute atomic E-state index is 0.238. The molecule has 3 heterocycles. The van der Waals surface area contributed by atoms with Gasteiger partial charge in [0.25, 0.3) is 0 Å². The van der Waals surface area contributed by atoms with Gasteiger partial charge >= 0.3 is 0 Å². The molecule has 29 heavy (non-hydrogen) atoms. The third kappa shape index (κ3) is 3.86. The lowest BCUT2D eigenvalue weighted by atomic mass is 9.82. The molecule has 154 valence electrons. The third-order valence-electron chi connectivity index (χ3n) is 6.95. The Morgan fingerprint density at radius 2 is 1.93 bits per heavy atom. The van der Waals surface area contributed by atoms with Gasteiger partial charge in [0.1, 0.15) is 10.6 Å². The molecule has 2 fully saturated rings. The van der Waals surface area contributed by atoms with Crippen LogP contribution in [0, 0.1) is 5.92 Å². The number of amides is 1. The summed E-state index contributed by atoms with van der Waals surface area (Å²) in [6, 6.07) is 8.68. The molecule has 1 N–H and O–H groups in total. The molecule has 3 aliphatic rings. The van der Waals surface area contributed by atoms with Gasteiger partial charge in [-0.2, -0.15) is 0 Å². The molecule has 1 aliphatic carbocycles. The van der Waals surface area contributed by atoms with Crippen LogP contribution in [-0.4, -0.2) is 45.4 Å². The molecule has 0 atom stereocenters. The number of rotatable bonds is 4. The fourth-order valence-corrected chi connectivity index (χ4v) is 5.67. The molecule has 5 nitrogen and oxygen atoms in total. The molecule has 0 unspecified atom stereocenters. The Labute approximate surface area is 176 Å². The molecular weight excluding hydrogens is 382 g/mol. The molecule has 2 aliphatic heterocycles. The van der Waals surface area contributed by atoms with Gasteiger partial charge in [-0.1, -0.05) is 30.7 Å². The molecule has 0 radical (unpaired) electrons. The average Bonchev–Trinajstić information content (AvgIpc) is 3.16. The van der Waals surface area contributed by atoms with Crippen molar-refractivity contribution in [1.82, 2.24) is 14.8 Å². The van der Waals surface area contributed by atoms with Crippen LogP contribution < -0.4 is 0 Å². The number of hydrogen-bond acceptors (Lipinski definition) is 5. The van der Waals surface area contributed by atoms with E-state index in [9.17, 15) is 9.90 Å². The fraction of sp³-hybridized carbons (Fsp3) is 0.565. The van der Waals surface area contributed by atoms with Crippen molar-refractivity contribution in [3.8, 4) is 0 Å². The van der Waals surface area contributed by atoms with Gasteiger partial charge in [-0.25, -0.2) is 4.98 Å². The molecule has 0 bridgehead atoms. The monoisotopic (exact) mass is 411 g/mol. The highest BCUT2D eigenvalue weighted by Gasteiger charge is 2.39. The Bertz CT molecular complexity index is 884. The van der Waals surface area contributed by atoms with Crippen LogP contribution in [-0.2, 0) is 29.9 Å². The largest absolute Gasteiger partial charge is 0.383 e. The normalized spacial score (nSPS) is 22.2. The van der Waals surface area contributed by atoms with Crippen LogP contribution in [0.15, 0.2) is 29.6 Å². The highest BCUT2D eigenvalue weighted by Crippen LogP contribution is 2.36. The fourth-order valence-electron chi connectivity index (χ4n) is 4.74. The standard InChI is InChI=1S/C23H29N3O2S/c27-22(18-6-3-7-18)26-12-9-23(28,10-13-26)20-16-29-21(24-20)15-25-11-8-17-4-1-2-5-19(17)14-25/h1-2,4-5,16,18,28H,3,6-15H2. The summed E-state index contributed by atoms with van der Waals surface area (Å²) < 4.78 is 0. The number of hydrogen-bond donors (Lipinski definition) is 1. The van der Waals surface area contributed by atoms with Crippen LogP contribution in [0.4, 0.5) is 0 Å². The SMILES string of the molecule is O=C(C1CCC1)N1CCC(O)(c2csc(CN3CCc4ccccc4C3)n2)CC1. The zero-order valence-electron chi connectivity index (χ0n) is 16.8. The number of thiazole rings is 1. The van der Waals surface area contributed by atoms with E-state index < -0.39 is 5.60 Å². The first-order chi connectivity index (χ1) is 14.1. The van der Waals surface area contributed by atoms with E-state index in [0.29, 0.717) is 31.8 Å². The molecular formula is C23H29N3O2S. The molecule has 2 aromatic rings. The Morgan fingerprint density at radius 3 is 2.66 bits per heavy atom. The first kappa shape index (κ1) is 19.2. The van der Waals surface area contributed by atoms with Crippen LogP contribution in [0.1, 0.15) is 53.9 Å². The van der Waals surface area contributed by atoms with Gasteiger partial charge in [0, 0.05) is 37.5 Å². The third-order valence-corrected chi connectivity index (χ3v) is 7.79. The zero-order valence-corrected chi connectivity index (χ0v) is 17.7. The Balaban J connectivity index is 1.20. The second-order valence-corrected chi connectivity index (χ2v) is 9.78. The zero-order chi connectivity index (χ0) is 19.8. The van der Waals surface area contributed by atoms with Crippen molar-refractivity contribution in [3.63, 3.8) is 0 Å². The van der Waals surface area contributed by atoms with E-state index >= 15 is 0 Å². The molecule has 6 heteroatoms. The lowest BCUT2D eigenvalue weighted by molar-refractivity contribution is -0.142. The summed E-state index contributed by atoms with van der Waals surface area (Å²) in [5.74, 6) is 0.532. The van der Waals surface area contributed by atoms with E-state index in [4.69, 9.17) is 4.98 Å². The van der Waals surface area contributed by atoms with Crippen LogP contribution in [0.5, 0.6) is 0 Å². The van der Waals surface area contributed by atoms with Gasteiger partial charge in [-0.15, -0.1) is 11.3 Å². The number of fused-ring (bicyclic) bond motifs is 1. The number of carbonyl (C=O) groups is 1. The van der Waals surface area contributed by atoms with Crippen molar-refractivity contribution >= 4 is 17.2 Å². The highest BCUT2D eigenvalue weighted by atomic mass is 32.1. The number of benzene rings is 1. The molecule has 1 aromatic carbocycles. The molecule has 0 spiro atoms. The van der Waals surface area contributed by atoms with Crippen LogP contribution in [0.25, 0.3) is 0 Å². The highest BCUT2D eigenvalue weighted by molar-refractivity contribution is 7.09. The molecule has 1 saturated heterocycles. The van der Waals surface area contributed by atoms with Crippen molar-refractivity contribution in [2.45, 2.75) is 57.2 Å². The van der Waals surface area contributed by atoms with Crippen molar-refractivity contribution in [1.29, 1.82) is 0 Å². The number of likely N-dealkylation sites (tertiary alicyclic amines) is 1. The smallest absolute Gasteiger partial charge is 0.225 e. The molecule has 1 amide bonds. The first-order valence-corrected chi connectivity index (χ1v) is 11.7. The maximum atomic E-state index is 12.5. The molecule has 1 aromatic heterocycles. The van der Waals surface area contributed by atoms with Gasteiger partial charge in [0.05, 0.1) is 12.2 Å². The Kier molecular flexibility index (Phi) is 5.18. The Morgan fingerprint density at radius 1 is 1.17 bits per heavy atom. The quantitative estimate of drug-likeness (QED) is 0.839. The Hall–Kier alpha value is -1.76. The van der Waals surface area contributed by atoms with Crippen LogP contribution in [0.3, 0.4) is 0 Å². The summed E-state index contributed by atoms with van der Waals surface area (Å²) in [4.78, 5) is 21.7. The summed E-state index contributed by atoms with van der Waals surface area (Å²) in [5, 5.41) is 14.3. The van der Waals surface area contributed by atoms with Crippen molar-refractivity contribution in [3.05, 3.63) is 51.5 Å². The van der Waals surface area contributed by atoms with Crippen molar-refractivity contribution < 1.29 is 9.90 Å². The second-order valence-electron chi connectivity index (χ2n) is 8.84. The van der Waals surface area contributed by atoms with E-state index in [-0.39, 0.29) is 5.92 Å². The van der Waals surface area contributed by atoms with Crippen LogP contribution >= 0.6 is 11.3 Å². The summed E-state index contributed by atoms with van der Waals surface area (Å²) >= 11 is 1.65. The predicted octanol–water partition coefficient (Wildman–Crippen LogP) is 3.31. The summed E-state index contributed by atoms with van der Waals surface area (Å²) in [5.41, 5.74) is 2.78. The number of carbonyl (C=O) groups excluding carboxylic acids is 1. The second kappa shape index (κ2) is 7.82. The van der Waals surface area contributed by atoms with Crippen molar-refractivity contribution in [2.75, 3.05) is 19.6 Å². The van der Waals surface area contributed by atoms with Gasteiger partial charge in [0.2, 0.25) is 5.91 Å². The summed E-state index contributed by atoms with van der Waals surface area (Å²) in [7, 11) is 0. The lowest BCUT2D eigenvalue weighted by Gasteiger charge is -2.40. The number of piperidine rings is 1. The summed E-state index contributed by atoms with van der Waals surface area (Å²) in [6.45, 7) is 4.13. The van der Waals surface area contributed by atoms with Gasteiger partial charge in [-0.05, 0) is 43.2 Å². The topological polar surface area (TPSA) is 56.7 Å².